The van der Waals surface area contributed by atoms with E-state index < -0.39 is 10.0 Å². The van der Waals surface area contributed by atoms with Crippen LogP contribution in [0.25, 0.3) is 0 Å². The summed E-state index contributed by atoms with van der Waals surface area (Å²) in [5.41, 5.74) is 0.315. The maximum absolute atomic E-state index is 12.1. The third-order valence-electron chi connectivity index (χ3n) is 2.20. The first-order chi connectivity index (χ1) is 8.40. The third kappa shape index (κ3) is 2.54. The summed E-state index contributed by atoms with van der Waals surface area (Å²) < 4.78 is 32.2. The lowest BCUT2D eigenvalue weighted by molar-refractivity contribution is 0.390. The van der Waals surface area contributed by atoms with Gasteiger partial charge in [0.25, 0.3) is 10.0 Å². The molecule has 0 radical (unpaired) electrons. The number of aromatic nitrogens is 2. The molecule has 1 N–H and O–H groups in total. The Labute approximate surface area is 113 Å². The molecule has 0 aliphatic heterocycles. The van der Waals surface area contributed by atoms with Crippen LogP contribution in [0.1, 0.15) is 11.5 Å². The number of sulfonamides is 1. The second-order valence-corrected chi connectivity index (χ2v) is 6.15. The van der Waals surface area contributed by atoms with Crippen molar-refractivity contribution >= 4 is 31.8 Å². The Morgan fingerprint density at radius 1 is 1.39 bits per heavy atom. The third-order valence-corrected chi connectivity index (χ3v) is 4.29. The van der Waals surface area contributed by atoms with Crippen LogP contribution in [-0.4, -0.2) is 18.6 Å². The van der Waals surface area contributed by atoms with Gasteiger partial charge in [-0.25, -0.2) is 13.4 Å². The van der Waals surface area contributed by atoms with E-state index in [0.717, 1.165) is 4.47 Å². The Morgan fingerprint density at radius 3 is 2.67 bits per heavy atom. The minimum atomic E-state index is -3.74. The van der Waals surface area contributed by atoms with Gasteiger partial charge in [-0.2, -0.15) is 0 Å². The van der Waals surface area contributed by atoms with Gasteiger partial charge in [-0.1, -0.05) is 21.1 Å². The van der Waals surface area contributed by atoms with Crippen molar-refractivity contribution in [1.29, 1.82) is 0 Å². The normalized spacial score (nSPS) is 11.5. The molecular weight excluding hydrogens is 322 g/mol. The fourth-order valence-electron chi connectivity index (χ4n) is 1.51. The number of hydrogen-bond acceptors (Lipinski definition) is 5. The first-order valence-corrected chi connectivity index (χ1v) is 7.25. The maximum atomic E-state index is 12.1. The summed E-state index contributed by atoms with van der Waals surface area (Å²) >= 11 is 3.24. The fraction of sp³-hybridized carbons (Fsp3) is 0.200. The summed E-state index contributed by atoms with van der Waals surface area (Å²) in [5.74, 6) is 0.472. The standard InChI is InChI=1S/C10H10BrN3O3S/c1-6-10(7(2)17-13-6)18(15,16)14-9-5-8(11)3-4-12-9/h3-5H,1-2H3,(H,12,14). The monoisotopic (exact) mass is 331 g/mol. The highest BCUT2D eigenvalue weighted by atomic mass is 79.9. The van der Waals surface area contributed by atoms with Crippen LogP contribution in [-0.2, 0) is 10.0 Å². The van der Waals surface area contributed by atoms with Gasteiger partial charge in [0.15, 0.2) is 10.7 Å². The number of halogens is 1. The molecule has 0 bridgehead atoms. The molecule has 2 heterocycles. The lowest BCUT2D eigenvalue weighted by Crippen LogP contribution is -2.15. The van der Waals surface area contributed by atoms with E-state index in [4.69, 9.17) is 4.52 Å². The van der Waals surface area contributed by atoms with E-state index in [1.807, 2.05) is 0 Å². The van der Waals surface area contributed by atoms with Gasteiger partial charge in [-0.15, -0.1) is 0 Å². The number of pyridine rings is 1. The summed E-state index contributed by atoms with van der Waals surface area (Å²) in [4.78, 5) is 3.97. The molecule has 0 unspecified atom stereocenters. The van der Waals surface area contributed by atoms with Crippen LogP contribution in [0.2, 0.25) is 0 Å². The van der Waals surface area contributed by atoms with Gasteiger partial charge in [0.1, 0.15) is 11.5 Å². The van der Waals surface area contributed by atoms with Gasteiger partial charge in [-0.05, 0) is 26.0 Å². The molecule has 6 nitrogen and oxygen atoms in total. The molecule has 2 aromatic heterocycles. The lowest BCUT2D eigenvalue weighted by atomic mass is 10.4. The number of anilines is 1. The summed E-state index contributed by atoms with van der Waals surface area (Å²) in [5, 5.41) is 3.62. The van der Waals surface area contributed by atoms with Crippen molar-refractivity contribution in [3.63, 3.8) is 0 Å². The molecule has 18 heavy (non-hydrogen) atoms. The highest BCUT2D eigenvalue weighted by Gasteiger charge is 2.24. The molecule has 0 amide bonds. The first kappa shape index (κ1) is 13.0. The van der Waals surface area contributed by atoms with E-state index >= 15 is 0 Å². The van der Waals surface area contributed by atoms with Crippen LogP contribution >= 0.6 is 15.9 Å². The van der Waals surface area contributed by atoms with E-state index in [1.165, 1.54) is 6.20 Å². The summed E-state index contributed by atoms with van der Waals surface area (Å²) in [6, 6.07) is 3.27. The molecule has 0 saturated heterocycles. The second kappa shape index (κ2) is 4.69. The minimum absolute atomic E-state index is 0.0456. The quantitative estimate of drug-likeness (QED) is 0.932. The molecule has 0 saturated carbocycles. The Kier molecular flexibility index (Phi) is 3.40. The predicted octanol–water partition coefficient (Wildman–Crippen LogP) is 2.25. The van der Waals surface area contributed by atoms with E-state index in [-0.39, 0.29) is 16.5 Å². The van der Waals surface area contributed by atoms with Gasteiger partial charge in [0.05, 0.1) is 0 Å². The van der Waals surface area contributed by atoms with Crippen LogP contribution in [0.3, 0.4) is 0 Å². The molecule has 0 aliphatic carbocycles. The van der Waals surface area contributed by atoms with Gasteiger partial charge < -0.3 is 4.52 Å². The zero-order valence-electron chi connectivity index (χ0n) is 9.64. The molecule has 0 aliphatic rings. The molecule has 2 rings (SSSR count). The molecule has 0 aromatic carbocycles. The van der Waals surface area contributed by atoms with Crippen molar-refractivity contribution in [2.24, 2.45) is 0 Å². The van der Waals surface area contributed by atoms with Gasteiger partial charge in [0.2, 0.25) is 0 Å². The van der Waals surface area contributed by atoms with E-state index in [0.29, 0.717) is 5.69 Å². The highest BCUT2D eigenvalue weighted by molar-refractivity contribution is 9.10. The minimum Gasteiger partial charge on any atom is -0.360 e. The van der Waals surface area contributed by atoms with Crippen LogP contribution in [0.15, 0.2) is 32.2 Å². The Morgan fingerprint density at radius 2 is 2.11 bits per heavy atom. The van der Waals surface area contributed by atoms with Crippen LogP contribution in [0.4, 0.5) is 5.82 Å². The summed E-state index contributed by atoms with van der Waals surface area (Å²) in [7, 11) is -3.74. The van der Waals surface area contributed by atoms with E-state index in [2.05, 4.69) is 30.8 Å². The smallest absolute Gasteiger partial charge is 0.268 e. The molecule has 0 fully saturated rings. The van der Waals surface area contributed by atoms with Crippen LogP contribution in [0.5, 0.6) is 0 Å². The van der Waals surface area contributed by atoms with Gasteiger partial charge in [-0.3, -0.25) is 4.72 Å². The maximum Gasteiger partial charge on any atom is 0.268 e. The van der Waals surface area contributed by atoms with Crippen molar-refractivity contribution in [3.8, 4) is 0 Å². The second-order valence-electron chi connectivity index (χ2n) is 3.62. The topological polar surface area (TPSA) is 85.1 Å². The van der Waals surface area contributed by atoms with Gasteiger partial charge >= 0.3 is 0 Å². The summed E-state index contributed by atoms with van der Waals surface area (Å²) in [6.45, 7) is 3.11. The predicted molar refractivity (Wildman–Crippen MR) is 68.7 cm³/mol. The van der Waals surface area contributed by atoms with Crippen molar-refractivity contribution in [2.45, 2.75) is 18.7 Å². The average molecular weight is 332 g/mol. The number of rotatable bonds is 3. The number of nitrogens with zero attached hydrogens (tertiary/aromatic N) is 2. The Balaban J connectivity index is 2.39. The van der Waals surface area contributed by atoms with Crippen LogP contribution in [0, 0.1) is 13.8 Å². The Bertz CT molecular complexity index is 662. The summed E-state index contributed by atoms with van der Waals surface area (Å²) in [6.07, 6.45) is 1.50. The van der Waals surface area contributed by atoms with Crippen LogP contribution < -0.4 is 4.72 Å². The fourth-order valence-corrected chi connectivity index (χ4v) is 3.17. The molecular formula is C10H10BrN3O3S. The molecule has 96 valence electrons. The number of hydrogen-bond donors (Lipinski definition) is 1. The number of aryl methyl sites for hydroxylation is 2. The molecule has 0 spiro atoms. The Hall–Kier alpha value is -1.41. The van der Waals surface area contributed by atoms with E-state index in [9.17, 15) is 8.42 Å². The lowest BCUT2D eigenvalue weighted by Gasteiger charge is -2.06. The average Bonchev–Trinajstić information content (AvgIpc) is 2.58. The van der Waals surface area contributed by atoms with Gasteiger partial charge in [0, 0.05) is 10.7 Å². The van der Waals surface area contributed by atoms with Crippen molar-refractivity contribution in [2.75, 3.05) is 4.72 Å². The SMILES string of the molecule is Cc1noc(C)c1S(=O)(=O)Nc1cc(Br)ccn1. The first-order valence-electron chi connectivity index (χ1n) is 4.97. The van der Waals surface area contributed by atoms with E-state index in [1.54, 1.807) is 26.0 Å². The largest absolute Gasteiger partial charge is 0.360 e. The van der Waals surface area contributed by atoms with Crippen molar-refractivity contribution in [3.05, 3.63) is 34.3 Å². The highest BCUT2D eigenvalue weighted by Crippen LogP contribution is 2.22. The zero-order chi connectivity index (χ0) is 13.3. The zero-order valence-corrected chi connectivity index (χ0v) is 12.0. The van der Waals surface area contributed by atoms with Crippen molar-refractivity contribution < 1.29 is 12.9 Å². The number of nitrogens with one attached hydrogen (secondary N) is 1. The molecule has 0 atom stereocenters. The molecule has 8 heteroatoms. The molecule has 2 aromatic rings. The van der Waals surface area contributed by atoms with Crippen molar-refractivity contribution in [1.82, 2.24) is 10.1 Å².